The summed E-state index contributed by atoms with van der Waals surface area (Å²) >= 11 is 0. The maximum atomic E-state index is 4.39. The molecule has 1 aromatic heterocycles. The lowest BCUT2D eigenvalue weighted by Crippen LogP contribution is -2.44. The molecule has 2 heterocycles. The summed E-state index contributed by atoms with van der Waals surface area (Å²) in [5.74, 6) is 0. The molecule has 0 aromatic carbocycles. The quantitative estimate of drug-likeness (QED) is 0.840. The van der Waals surface area contributed by atoms with Crippen molar-refractivity contribution in [3.05, 3.63) is 30.1 Å². The minimum Gasteiger partial charge on any atom is -0.305 e. The first kappa shape index (κ1) is 11.6. The first-order chi connectivity index (χ1) is 7.75. The number of aromatic nitrogens is 1. The van der Waals surface area contributed by atoms with E-state index >= 15 is 0 Å². The Balaban J connectivity index is 1.89. The largest absolute Gasteiger partial charge is 0.305 e. The molecule has 1 saturated heterocycles. The molecule has 0 amide bonds. The fourth-order valence-corrected chi connectivity index (χ4v) is 2.37. The van der Waals surface area contributed by atoms with Gasteiger partial charge in [0.2, 0.25) is 0 Å². The zero-order valence-corrected chi connectivity index (χ0v) is 10.2. The number of likely N-dealkylation sites (N-methyl/N-ethyl adjacent to an activating group) is 1. The lowest BCUT2D eigenvalue weighted by Gasteiger charge is -2.32. The van der Waals surface area contributed by atoms with Crippen molar-refractivity contribution >= 4 is 0 Å². The van der Waals surface area contributed by atoms with Crippen molar-refractivity contribution in [3.8, 4) is 0 Å². The molecule has 2 rings (SSSR count). The Bertz CT molecular complexity index is 312. The van der Waals surface area contributed by atoms with Crippen LogP contribution in [0.15, 0.2) is 24.4 Å². The van der Waals surface area contributed by atoms with Gasteiger partial charge in [0.25, 0.3) is 0 Å². The van der Waals surface area contributed by atoms with Gasteiger partial charge in [0, 0.05) is 24.8 Å². The van der Waals surface area contributed by atoms with E-state index in [-0.39, 0.29) is 0 Å². The standard InChI is InChI=1S/C13H21N3/c1-11(13-7-3-4-8-14-13)15-12-6-5-9-16(2)10-12/h3-4,7-8,11-12,15H,5-6,9-10H2,1-2H3. The van der Waals surface area contributed by atoms with E-state index in [0.717, 1.165) is 12.2 Å². The highest BCUT2D eigenvalue weighted by Gasteiger charge is 2.19. The van der Waals surface area contributed by atoms with Gasteiger partial charge in [-0.1, -0.05) is 6.07 Å². The second-order valence-electron chi connectivity index (χ2n) is 4.74. The zero-order valence-electron chi connectivity index (χ0n) is 10.2. The number of hydrogen-bond acceptors (Lipinski definition) is 3. The van der Waals surface area contributed by atoms with Crippen LogP contribution in [-0.2, 0) is 0 Å². The summed E-state index contributed by atoms with van der Waals surface area (Å²) in [5.41, 5.74) is 1.13. The second kappa shape index (κ2) is 5.41. The van der Waals surface area contributed by atoms with Crippen molar-refractivity contribution in [1.29, 1.82) is 0 Å². The number of pyridine rings is 1. The smallest absolute Gasteiger partial charge is 0.0570 e. The van der Waals surface area contributed by atoms with Gasteiger partial charge < -0.3 is 10.2 Å². The fourth-order valence-electron chi connectivity index (χ4n) is 2.37. The van der Waals surface area contributed by atoms with E-state index in [1.54, 1.807) is 0 Å². The van der Waals surface area contributed by atoms with Gasteiger partial charge in [-0.3, -0.25) is 4.98 Å². The van der Waals surface area contributed by atoms with Gasteiger partial charge in [0.05, 0.1) is 5.69 Å². The van der Waals surface area contributed by atoms with E-state index in [2.05, 4.69) is 35.2 Å². The van der Waals surface area contributed by atoms with Crippen molar-refractivity contribution in [2.24, 2.45) is 0 Å². The lowest BCUT2D eigenvalue weighted by atomic mass is 10.0. The molecule has 0 bridgehead atoms. The van der Waals surface area contributed by atoms with Crippen molar-refractivity contribution < 1.29 is 0 Å². The number of nitrogens with zero attached hydrogens (tertiary/aromatic N) is 2. The average Bonchev–Trinajstić information content (AvgIpc) is 2.30. The van der Waals surface area contributed by atoms with Crippen LogP contribution < -0.4 is 5.32 Å². The summed E-state index contributed by atoms with van der Waals surface area (Å²) in [6.45, 7) is 4.57. The molecule has 0 radical (unpaired) electrons. The third-order valence-corrected chi connectivity index (χ3v) is 3.24. The first-order valence-corrected chi connectivity index (χ1v) is 6.11. The van der Waals surface area contributed by atoms with Crippen LogP contribution in [0.2, 0.25) is 0 Å². The Hall–Kier alpha value is -0.930. The van der Waals surface area contributed by atoms with Gasteiger partial charge in [0.15, 0.2) is 0 Å². The summed E-state index contributed by atoms with van der Waals surface area (Å²) in [5, 5.41) is 3.66. The predicted molar refractivity (Wildman–Crippen MR) is 66.3 cm³/mol. The highest BCUT2D eigenvalue weighted by atomic mass is 15.1. The van der Waals surface area contributed by atoms with Crippen LogP contribution in [0.3, 0.4) is 0 Å². The Labute approximate surface area is 97.9 Å². The van der Waals surface area contributed by atoms with Crippen molar-refractivity contribution in [2.75, 3.05) is 20.1 Å². The van der Waals surface area contributed by atoms with E-state index in [1.807, 2.05) is 18.3 Å². The molecule has 1 fully saturated rings. The van der Waals surface area contributed by atoms with Gasteiger partial charge in [-0.05, 0) is 45.5 Å². The van der Waals surface area contributed by atoms with Crippen LogP contribution in [-0.4, -0.2) is 36.1 Å². The summed E-state index contributed by atoms with van der Waals surface area (Å²) in [7, 11) is 2.19. The molecule has 3 nitrogen and oxygen atoms in total. The number of piperidine rings is 1. The van der Waals surface area contributed by atoms with E-state index in [0.29, 0.717) is 12.1 Å². The van der Waals surface area contributed by atoms with Crippen LogP contribution in [0.4, 0.5) is 0 Å². The van der Waals surface area contributed by atoms with Gasteiger partial charge in [-0.15, -0.1) is 0 Å². The third kappa shape index (κ3) is 3.03. The highest BCUT2D eigenvalue weighted by Crippen LogP contribution is 2.14. The molecule has 88 valence electrons. The van der Waals surface area contributed by atoms with Crippen LogP contribution in [0.25, 0.3) is 0 Å². The van der Waals surface area contributed by atoms with Crippen LogP contribution in [0, 0.1) is 0 Å². The van der Waals surface area contributed by atoms with Crippen LogP contribution >= 0.6 is 0 Å². The zero-order chi connectivity index (χ0) is 11.4. The maximum absolute atomic E-state index is 4.39. The Morgan fingerprint density at radius 3 is 3.06 bits per heavy atom. The minimum atomic E-state index is 0.345. The van der Waals surface area contributed by atoms with E-state index in [4.69, 9.17) is 0 Å². The lowest BCUT2D eigenvalue weighted by molar-refractivity contribution is 0.218. The third-order valence-electron chi connectivity index (χ3n) is 3.24. The topological polar surface area (TPSA) is 28.2 Å². The Kier molecular flexibility index (Phi) is 3.91. The number of hydrogen-bond donors (Lipinski definition) is 1. The van der Waals surface area contributed by atoms with Crippen molar-refractivity contribution in [3.63, 3.8) is 0 Å². The van der Waals surface area contributed by atoms with Gasteiger partial charge in [0.1, 0.15) is 0 Å². The summed E-state index contributed by atoms with van der Waals surface area (Å²) in [6.07, 6.45) is 4.44. The summed E-state index contributed by atoms with van der Waals surface area (Å²) < 4.78 is 0. The fraction of sp³-hybridized carbons (Fsp3) is 0.615. The normalized spacial score (nSPS) is 24.2. The molecule has 2 unspecified atom stereocenters. The van der Waals surface area contributed by atoms with Gasteiger partial charge in [-0.2, -0.15) is 0 Å². The predicted octanol–water partition coefficient (Wildman–Crippen LogP) is 1.83. The van der Waals surface area contributed by atoms with E-state index < -0.39 is 0 Å². The molecule has 0 spiro atoms. The minimum absolute atomic E-state index is 0.345. The molecule has 1 aliphatic rings. The van der Waals surface area contributed by atoms with Crippen molar-refractivity contribution in [1.82, 2.24) is 15.2 Å². The second-order valence-corrected chi connectivity index (χ2v) is 4.74. The Morgan fingerprint density at radius 2 is 2.38 bits per heavy atom. The molecule has 2 atom stereocenters. The van der Waals surface area contributed by atoms with Crippen LogP contribution in [0.1, 0.15) is 31.5 Å². The number of rotatable bonds is 3. The number of likely N-dealkylation sites (tertiary alicyclic amines) is 1. The number of nitrogens with one attached hydrogen (secondary N) is 1. The van der Waals surface area contributed by atoms with Gasteiger partial charge >= 0.3 is 0 Å². The summed E-state index contributed by atoms with van der Waals surface area (Å²) in [6, 6.07) is 7.05. The Morgan fingerprint density at radius 1 is 1.50 bits per heavy atom. The SMILES string of the molecule is CC(NC1CCCN(C)C1)c1ccccn1. The van der Waals surface area contributed by atoms with Gasteiger partial charge in [-0.25, -0.2) is 0 Å². The monoisotopic (exact) mass is 219 g/mol. The molecule has 1 aliphatic heterocycles. The molecule has 1 N–H and O–H groups in total. The molecular weight excluding hydrogens is 198 g/mol. The highest BCUT2D eigenvalue weighted by molar-refractivity contribution is 5.08. The van der Waals surface area contributed by atoms with E-state index in [1.165, 1.54) is 19.4 Å². The average molecular weight is 219 g/mol. The molecule has 16 heavy (non-hydrogen) atoms. The van der Waals surface area contributed by atoms with Crippen molar-refractivity contribution in [2.45, 2.75) is 31.8 Å². The molecule has 0 aliphatic carbocycles. The summed E-state index contributed by atoms with van der Waals surface area (Å²) in [4.78, 5) is 6.78. The molecule has 1 aromatic rings. The molecular formula is C13H21N3. The molecule has 0 saturated carbocycles. The molecule has 3 heteroatoms. The van der Waals surface area contributed by atoms with Crippen LogP contribution in [0.5, 0.6) is 0 Å². The van der Waals surface area contributed by atoms with E-state index in [9.17, 15) is 0 Å². The maximum Gasteiger partial charge on any atom is 0.0570 e. The first-order valence-electron chi connectivity index (χ1n) is 6.11.